The van der Waals surface area contributed by atoms with E-state index in [1.54, 1.807) is 0 Å². The minimum atomic E-state index is 0.380. The second kappa shape index (κ2) is 4.50. The van der Waals surface area contributed by atoms with Gasteiger partial charge in [-0.1, -0.05) is 31.2 Å². The smallest absolute Gasteiger partial charge is 0.116 e. The highest BCUT2D eigenvalue weighted by atomic mass is 16.3. The van der Waals surface area contributed by atoms with Crippen LogP contribution in [0.5, 0.6) is 5.75 Å². The maximum Gasteiger partial charge on any atom is 0.116 e. The monoisotopic (exact) mass is 280 g/mol. The van der Waals surface area contributed by atoms with Crippen LogP contribution >= 0.6 is 0 Å². The number of phenolic OH excluding ortho intramolecular Hbond substituents is 1. The molecular weight excluding hydrogens is 256 g/mol. The van der Waals surface area contributed by atoms with Gasteiger partial charge in [-0.2, -0.15) is 0 Å². The minimum Gasteiger partial charge on any atom is -0.508 e. The highest BCUT2D eigenvalue weighted by Gasteiger charge is 2.52. The zero-order chi connectivity index (χ0) is 14.6. The van der Waals surface area contributed by atoms with Crippen LogP contribution in [-0.4, -0.2) is 5.11 Å². The third-order valence-corrected chi connectivity index (χ3v) is 6.66. The molecule has 3 aliphatic rings. The van der Waals surface area contributed by atoms with Gasteiger partial charge in [0.1, 0.15) is 5.75 Å². The number of benzene rings is 1. The largest absolute Gasteiger partial charge is 0.508 e. The van der Waals surface area contributed by atoms with Gasteiger partial charge in [-0.15, -0.1) is 6.58 Å². The molecule has 1 nitrogen and oxygen atoms in total. The van der Waals surface area contributed by atoms with Crippen LogP contribution in [-0.2, 0) is 0 Å². The van der Waals surface area contributed by atoms with Gasteiger partial charge >= 0.3 is 0 Å². The lowest BCUT2D eigenvalue weighted by atomic mass is 9.55. The second-order valence-electron chi connectivity index (χ2n) is 7.43. The molecule has 1 aromatic carbocycles. The van der Waals surface area contributed by atoms with Crippen molar-refractivity contribution < 1.29 is 5.11 Å². The van der Waals surface area contributed by atoms with Crippen molar-refractivity contribution in [1.29, 1.82) is 0 Å². The molecule has 0 heterocycles. The standard InChI is InChI=1S/C20H24O/c1-3-14-5-9-19-18-7-4-13-12-15(21)6-8-16(13)17(18)10-11-20(14,19)2/h3-4,6-8,12,14,17-19,21H,1,5,9-11H2,2H3/t14-,17+,18+,19-,20+/m0/s1. The highest BCUT2D eigenvalue weighted by Crippen LogP contribution is 2.62. The van der Waals surface area contributed by atoms with Crippen molar-refractivity contribution in [3.05, 3.63) is 48.1 Å². The molecule has 0 aliphatic heterocycles. The summed E-state index contributed by atoms with van der Waals surface area (Å²) in [7, 11) is 0. The molecule has 0 unspecified atom stereocenters. The first kappa shape index (κ1) is 13.2. The first-order chi connectivity index (χ1) is 10.1. The lowest BCUT2D eigenvalue weighted by molar-refractivity contribution is 0.0713. The van der Waals surface area contributed by atoms with Gasteiger partial charge in [0.25, 0.3) is 0 Å². The van der Waals surface area contributed by atoms with Crippen LogP contribution in [0, 0.1) is 23.2 Å². The van der Waals surface area contributed by atoms with E-state index in [-0.39, 0.29) is 0 Å². The van der Waals surface area contributed by atoms with Crippen molar-refractivity contribution in [2.24, 2.45) is 23.2 Å². The molecule has 0 radical (unpaired) electrons. The van der Waals surface area contributed by atoms with Crippen LogP contribution in [0.25, 0.3) is 6.08 Å². The molecule has 1 N–H and O–H groups in total. The Bertz CT molecular complexity index is 614. The topological polar surface area (TPSA) is 20.2 Å². The van der Waals surface area contributed by atoms with Crippen molar-refractivity contribution in [3.63, 3.8) is 0 Å². The fourth-order valence-corrected chi connectivity index (χ4v) is 5.51. The average Bonchev–Trinajstić information content (AvgIpc) is 2.83. The third-order valence-electron chi connectivity index (χ3n) is 6.66. The van der Waals surface area contributed by atoms with E-state index in [1.807, 2.05) is 12.1 Å². The molecule has 3 aliphatic carbocycles. The van der Waals surface area contributed by atoms with E-state index in [0.717, 1.165) is 5.92 Å². The van der Waals surface area contributed by atoms with Gasteiger partial charge in [0.05, 0.1) is 0 Å². The zero-order valence-corrected chi connectivity index (χ0v) is 12.8. The summed E-state index contributed by atoms with van der Waals surface area (Å²) >= 11 is 0. The number of fused-ring (bicyclic) bond motifs is 5. The Balaban J connectivity index is 1.73. The molecule has 2 fully saturated rings. The molecule has 4 rings (SSSR count). The molecule has 21 heavy (non-hydrogen) atoms. The van der Waals surface area contributed by atoms with E-state index in [9.17, 15) is 5.11 Å². The van der Waals surface area contributed by atoms with E-state index >= 15 is 0 Å². The first-order valence-corrected chi connectivity index (χ1v) is 8.27. The summed E-state index contributed by atoms with van der Waals surface area (Å²) in [5.74, 6) is 3.18. The lowest BCUT2D eigenvalue weighted by Gasteiger charge is -2.49. The van der Waals surface area contributed by atoms with Crippen LogP contribution in [0.1, 0.15) is 49.7 Å². The number of allylic oxidation sites excluding steroid dienone is 2. The fourth-order valence-electron chi connectivity index (χ4n) is 5.51. The van der Waals surface area contributed by atoms with Crippen molar-refractivity contribution in [2.45, 2.75) is 38.5 Å². The molecule has 0 amide bonds. The summed E-state index contributed by atoms with van der Waals surface area (Å²) < 4.78 is 0. The van der Waals surface area contributed by atoms with Gasteiger partial charge in [-0.25, -0.2) is 0 Å². The van der Waals surface area contributed by atoms with Crippen LogP contribution in [0.4, 0.5) is 0 Å². The number of phenols is 1. The van der Waals surface area contributed by atoms with E-state index in [2.05, 4.69) is 37.8 Å². The summed E-state index contributed by atoms with van der Waals surface area (Å²) in [4.78, 5) is 0. The predicted octanol–water partition coefficient (Wildman–Crippen LogP) is 5.13. The molecule has 1 heteroatoms. The van der Waals surface area contributed by atoms with Crippen molar-refractivity contribution >= 4 is 6.08 Å². The van der Waals surface area contributed by atoms with E-state index in [0.29, 0.717) is 28.9 Å². The van der Waals surface area contributed by atoms with Gasteiger partial charge < -0.3 is 5.11 Å². The summed E-state index contributed by atoms with van der Waals surface area (Å²) in [5.41, 5.74) is 3.12. The number of aromatic hydroxyl groups is 1. The van der Waals surface area contributed by atoms with Gasteiger partial charge in [-0.05, 0) is 78.0 Å². The summed E-state index contributed by atoms with van der Waals surface area (Å²) in [6, 6.07) is 5.91. The number of hydrogen-bond acceptors (Lipinski definition) is 1. The molecule has 2 saturated carbocycles. The molecule has 0 saturated heterocycles. The van der Waals surface area contributed by atoms with Gasteiger partial charge in [0.2, 0.25) is 0 Å². The van der Waals surface area contributed by atoms with Crippen LogP contribution in [0.2, 0.25) is 0 Å². The molecule has 1 aromatic rings. The Hall–Kier alpha value is -1.50. The summed E-state index contributed by atoms with van der Waals surface area (Å²) in [6.07, 6.45) is 12.1. The average molecular weight is 280 g/mol. The van der Waals surface area contributed by atoms with E-state index in [4.69, 9.17) is 0 Å². The Kier molecular flexibility index (Phi) is 2.82. The lowest BCUT2D eigenvalue weighted by Crippen LogP contribution is -2.40. The van der Waals surface area contributed by atoms with E-state index in [1.165, 1.54) is 36.8 Å². The quantitative estimate of drug-likeness (QED) is 0.707. The Labute approximate surface area is 127 Å². The molecular formula is C20H24O. The summed E-state index contributed by atoms with van der Waals surface area (Å²) in [5, 5.41) is 9.70. The molecule has 5 atom stereocenters. The zero-order valence-electron chi connectivity index (χ0n) is 12.8. The number of rotatable bonds is 1. The maximum atomic E-state index is 9.70. The first-order valence-electron chi connectivity index (χ1n) is 8.27. The second-order valence-corrected chi connectivity index (χ2v) is 7.43. The number of hydrogen-bond donors (Lipinski definition) is 1. The molecule has 0 aromatic heterocycles. The third kappa shape index (κ3) is 1.76. The van der Waals surface area contributed by atoms with Gasteiger partial charge in [0, 0.05) is 0 Å². The van der Waals surface area contributed by atoms with Crippen molar-refractivity contribution in [2.75, 3.05) is 0 Å². The van der Waals surface area contributed by atoms with Crippen LogP contribution < -0.4 is 0 Å². The van der Waals surface area contributed by atoms with Gasteiger partial charge in [-0.3, -0.25) is 0 Å². The molecule has 0 bridgehead atoms. The SMILES string of the molecule is C=C[C@H]1CC[C@H]2[C@@H]3C=Cc4cc(O)ccc4[C@H]3CC[C@]12C. The highest BCUT2D eigenvalue weighted by molar-refractivity contribution is 5.61. The molecule has 110 valence electrons. The van der Waals surface area contributed by atoms with E-state index < -0.39 is 0 Å². The van der Waals surface area contributed by atoms with Gasteiger partial charge in [0.15, 0.2) is 0 Å². The Morgan fingerprint density at radius 1 is 1.29 bits per heavy atom. The van der Waals surface area contributed by atoms with Crippen molar-refractivity contribution in [3.8, 4) is 5.75 Å². The normalized spacial score (nSPS) is 40.2. The fraction of sp³-hybridized carbons (Fsp3) is 0.500. The minimum absolute atomic E-state index is 0.380. The predicted molar refractivity (Wildman–Crippen MR) is 87.1 cm³/mol. The Morgan fingerprint density at radius 3 is 2.95 bits per heavy atom. The Morgan fingerprint density at radius 2 is 2.14 bits per heavy atom. The molecule has 0 spiro atoms. The van der Waals surface area contributed by atoms with Crippen LogP contribution in [0.3, 0.4) is 0 Å². The summed E-state index contributed by atoms with van der Waals surface area (Å²) in [6.45, 7) is 6.58. The van der Waals surface area contributed by atoms with Crippen molar-refractivity contribution in [1.82, 2.24) is 0 Å². The van der Waals surface area contributed by atoms with Crippen LogP contribution in [0.15, 0.2) is 36.9 Å². The maximum absolute atomic E-state index is 9.70.